The highest BCUT2D eigenvalue weighted by Gasteiger charge is 2.22. The number of anilines is 6. The first-order chi connectivity index (χ1) is 30.3. The van der Waals surface area contributed by atoms with Gasteiger partial charge in [0.25, 0.3) is 0 Å². The van der Waals surface area contributed by atoms with Crippen LogP contribution in [0.25, 0.3) is 76.5 Å². The Kier molecular flexibility index (Phi) is 8.17. The Labute approximate surface area is 353 Å². The first-order valence-electron chi connectivity index (χ1n) is 20.8. The van der Waals surface area contributed by atoms with Crippen LogP contribution in [0, 0.1) is 0 Å². The van der Waals surface area contributed by atoms with Gasteiger partial charge in [-0.05, 0) is 116 Å². The van der Waals surface area contributed by atoms with Gasteiger partial charge in [-0.25, -0.2) is 0 Å². The molecular formula is C58H38N2O. The SMILES string of the molecule is c1ccc(-c2cccc3c2oc2c(N(c4ccccc4)c4ccc(-c5cc6ccc7ccc(N(c8ccccc8)c8ccccc8)c8ccc(c5)c6c78)cc4)cccc23)cc1. The molecule has 0 fully saturated rings. The second-order valence-corrected chi connectivity index (χ2v) is 15.7. The summed E-state index contributed by atoms with van der Waals surface area (Å²) in [6.07, 6.45) is 0. The molecule has 0 spiro atoms. The number of benzene rings is 11. The van der Waals surface area contributed by atoms with Crippen molar-refractivity contribution in [1.82, 2.24) is 0 Å². The van der Waals surface area contributed by atoms with Crippen molar-refractivity contribution in [2.75, 3.05) is 9.80 Å². The highest BCUT2D eigenvalue weighted by molar-refractivity contribution is 6.26. The average molecular weight is 779 g/mol. The molecule has 0 amide bonds. The average Bonchev–Trinajstić information content (AvgIpc) is 3.73. The molecule has 0 atom stereocenters. The van der Waals surface area contributed by atoms with Crippen LogP contribution in [0.4, 0.5) is 34.1 Å². The molecule has 0 unspecified atom stereocenters. The zero-order valence-electron chi connectivity index (χ0n) is 33.2. The fraction of sp³-hybridized carbons (Fsp3) is 0. The molecule has 0 saturated heterocycles. The predicted molar refractivity (Wildman–Crippen MR) is 258 cm³/mol. The van der Waals surface area contributed by atoms with E-state index in [9.17, 15) is 0 Å². The van der Waals surface area contributed by atoms with Gasteiger partial charge in [0.2, 0.25) is 0 Å². The highest BCUT2D eigenvalue weighted by atomic mass is 16.3. The standard InChI is InChI=1S/C58H38N2O/c1-5-15-40(16-6-1)49-23-13-24-50-51-25-14-26-54(58(51)61-57(49)50)60(47-21-11-4-12-22-47)48-33-29-39(30-34-48)44-37-42-28-27-41-32-36-53(52-35-31-43(38-44)55(42)56(41)52)59(45-17-7-2-8-18-45)46-19-9-3-10-20-46/h1-38H. The Hall–Kier alpha value is -8.14. The van der Waals surface area contributed by atoms with Gasteiger partial charge in [-0.1, -0.05) is 158 Å². The first-order valence-corrected chi connectivity index (χ1v) is 20.8. The van der Waals surface area contributed by atoms with Gasteiger partial charge in [0.1, 0.15) is 5.58 Å². The summed E-state index contributed by atoms with van der Waals surface area (Å²) in [5.74, 6) is 0. The van der Waals surface area contributed by atoms with Gasteiger partial charge in [-0.2, -0.15) is 0 Å². The maximum atomic E-state index is 6.90. The summed E-state index contributed by atoms with van der Waals surface area (Å²) in [5, 5.41) is 9.73. The molecule has 0 aliphatic rings. The highest BCUT2D eigenvalue weighted by Crippen LogP contribution is 2.47. The Morgan fingerprint density at radius 1 is 0.279 bits per heavy atom. The van der Waals surface area contributed by atoms with E-state index in [1.807, 2.05) is 0 Å². The Balaban J connectivity index is 0.962. The second-order valence-electron chi connectivity index (χ2n) is 15.7. The van der Waals surface area contributed by atoms with Crippen molar-refractivity contribution < 1.29 is 4.42 Å². The molecule has 1 heterocycles. The van der Waals surface area contributed by atoms with E-state index >= 15 is 0 Å². The lowest BCUT2D eigenvalue weighted by Gasteiger charge is -2.27. The van der Waals surface area contributed by atoms with Gasteiger partial charge in [0, 0.05) is 44.5 Å². The van der Waals surface area contributed by atoms with Crippen molar-refractivity contribution >= 4 is 88.4 Å². The third-order valence-electron chi connectivity index (χ3n) is 12.1. The molecule has 0 radical (unpaired) electrons. The summed E-state index contributed by atoms with van der Waals surface area (Å²) in [6.45, 7) is 0. The van der Waals surface area contributed by atoms with Gasteiger partial charge >= 0.3 is 0 Å². The first kappa shape index (κ1) is 34.9. The number of nitrogens with zero attached hydrogens (tertiary/aromatic N) is 2. The smallest absolute Gasteiger partial charge is 0.159 e. The lowest BCUT2D eigenvalue weighted by molar-refractivity contribution is 0.670. The van der Waals surface area contributed by atoms with Crippen LogP contribution < -0.4 is 9.80 Å². The number of rotatable bonds is 8. The van der Waals surface area contributed by atoms with Crippen LogP contribution in [0.3, 0.4) is 0 Å². The van der Waals surface area contributed by atoms with E-state index in [1.165, 1.54) is 37.9 Å². The van der Waals surface area contributed by atoms with E-state index in [2.05, 4.69) is 240 Å². The number of furan rings is 1. The van der Waals surface area contributed by atoms with Crippen LogP contribution in [0.2, 0.25) is 0 Å². The number of para-hydroxylation sites is 5. The maximum Gasteiger partial charge on any atom is 0.159 e. The number of hydrogen-bond acceptors (Lipinski definition) is 3. The largest absolute Gasteiger partial charge is 0.453 e. The monoisotopic (exact) mass is 778 g/mol. The van der Waals surface area contributed by atoms with Gasteiger partial charge in [0.15, 0.2) is 5.58 Å². The lowest BCUT2D eigenvalue weighted by atomic mass is 9.90. The summed E-state index contributed by atoms with van der Waals surface area (Å²) >= 11 is 0. The quantitative estimate of drug-likeness (QED) is 0.143. The molecular weight excluding hydrogens is 741 g/mol. The van der Waals surface area contributed by atoms with E-state index in [0.717, 1.165) is 72.8 Å². The summed E-state index contributed by atoms with van der Waals surface area (Å²) in [5.41, 5.74) is 12.9. The Morgan fingerprint density at radius 2 is 0.787 bits per heavy atom. The summed E-state index contributed by atoms with van der Waals surface area (Å²) in [6, 6.07) is 82.7. The van der Waals surface area contributed by atoms with Crippen LogP contribution >= 0.6 is 0 Å². The third kappa shape index (κ3) is 5.82. The molecule has 11 aromatic carbocycles. The van der Waals surface area contributed by atoms with Gasteiger partial charge in [-0.3, -0.25) is 0 Å². The topological polar surface area (TPSA) is 19.6 Å². The summed E-state index contributed by atoms with van der Waals surface area (Å²) in [4.78, 5) is 4.68. The van der Waals surface area contributed by atoms with Crippen molar-refractivity contribution in [1.29, 1.82) is 0 Å². The number of hydrogen-bond donors (Lipinski definition) is 0. The molecule has 12 aromatic rings. The van der Waals surface area contributed by atoms with Gasteiger partial charge < -0.3 is 14.2 Å². The van der Waals surface area contributed by atoms with Crippen LogP contribution in [-0.4, -0.2) is 0 Å². The molecule has 61 heavy (non-hydrogen) atoms. The van der Waals surface area contributed by atoms with E-state index in [1.54, 1.807) is 0 Å². The molecule has 286 valence electrons. The van der Waals surface area contributed by atoms with E-state index in [0.29, 0.717) is 0 Å². The molecule has 0 aliphatic heterocycles. The zero-order chi connectivity index (χ0) is 40.3. The minimum Gasteiger partial charge on any atom is -0.453 e. The van der Waals surface area contributed by atoms with E-state index in [-0.39, 0.29) is 0 Å². The van der Waals surface area contributed by atoms with Crippen molar-refractivity contribution in [3.63, 3.8) is 0 Å². The zero-order valence-corrected chi connectivity index (χ0v) is 33.2. The van der Waals surface area contributed by atoms with Crippen molar-refractivity contribution in [3.8, 4) is 22.3 Å². The van der Waals surface area contributed by atoms with Crippen molar-refractivity contribution in [2.45, 2.75) is 0 Å². The van der Waals surface area contributed by atoms with Crippen molar-refractivity contribution in [2.24, 2.45) is 0 Å². The minimum atomic E-state index is 0.861. The molecule has 0 N–H and O–H groups in total. The molecule has 12 rings (SSSR count). The van der Waals surface area contributed by atoms with Gasteiger partial charge in [-0.15, -0.1) is 0 Å². The minimum absolute atomic E-state index is 0.861. The van der Waals surface area contributed by atoms with Crippen molar-refractivity contribution in [3.05, 3.63) is 231 Å². The lowest BCUT2D eigenvalue weighted by Crippen LogP contribution is -2.10. The second kappa shape index (κ2) is 14.3. The van der Waals surface area contributed by atoms with E-state index in [4.69, 9.17) is 4.42 Å². The van der Waals surface area contributed by atoms with Crippen LogP contribution in [0.15, 0.2) is 235 Å². The van der Waals surface area contributed by atoms with Crippen LogP contribution in [0.5, 0.6) is 0 Å². The van der Waals surface area contributed by atoms with E-state index < -0.39 is 0 Å². The number of fused-ring (bicyclic) bond motifs is 3. The van der Waals surface area contributed by atoms with Crippen LogP contribution in [-0.2, 0) is 0 Å². The normalized spacial score (nSPS) is 11.6. The maximum absolute atomic E-state index is 6.90. The Morgan fingerprint density at radius 3 is 1.43 bits per heavy atom. The fourth-order valence-electron chi connectivity index (χ4n) is 9.38. The van der Waals surface area contributed by atoms with Gasteiger partial charge in [0.05, 0.1) is 11.4 Å². The fourth-order valence-corrected chi connectivity index (χ4v) is 9.38. The summed E-state index contributed by atoms with van der Waals surface area (Å²) < 4.78 is 6.90. The van der Waals surface area contributed by atoms with Crippen LogP contribution in [0.1, 0.15) is 0 Å². The molecule has 1 aromatic heterocycles. The molecule has 3 heteroatoms. The predicted octanol–water partition coefficient (Wildman–Crippen LogP) is 16.8. The Bertz CT molecular complexity index is 3450. The molecule has 3 nitrogen and oxygen atoms in total. The summed E-state index contributed by atoms with van der Waals surface area (Å²) in [7, 11) is 0. The third-order valence-corrected chi connectivity index (χ3v) is 12.1. The molecule has 0 bridgehead atoms. The molecule has 0 aliphatic carbocycles. The molecule has 0 saturated carbocycles.